The minimum absolute atomic E-state index is 0.125. The van der Waals surface area contributed by atoms with Crippen LogP contribution in [-0.4, -0.2) is 55.4 Å². The van der Waals surface area contributed by atoms with Gasteiger partial charge in [0, 0.05) is 27.3 Å². The Balaban J connectivity index is 1.20. The molecule has 0 saturated carbocycles. The zero-order valence-electron chi connectivity index (χ0n) is 37.3. The lowest BCUT2D eigenvalue weighted by Gasteiger charge is -2.21. The molecule has 2 aromatic heterocycles. The van der Waals surface area contributed by atoms with Crippen LogP contribution in [0.25, 0.3) is 22.8 Å². The van der Waals surface area contributed by atoms with E-state index in [4.69, 9.17) is 38.9 Å². The largest absolute Gasteiger partial charge is 0.494 e. The SMILES string of the molecule is CCCC[C@@H]1O[C@H]1c1nc(-c2ccc(OCCCC[Si](C)(C)CCCC)cc2C)ncc1Oc1cnc(-c2ccc(OCCCC[Si](C)(C)CCCC)cc2C)nc1. The third-order valence-corrected chi connectivity index (χ3v) is 18.5. The van der Waals surface area contributed by atoms with Gasteiger partial charge < -0.3 is 18.9 Å². The number of aryl methyl sites for hydroxylation is 2. The number of hydrogen-bond donors (Lipinski definition) is 0. The molecule has 10 heteroatoms. The molecule has 1 aliphatic rings. The molecule has 316 valence electrons. The Morgan fingerprint density at radius 3 is 1.60 bits per heavy atom. The van der Waals surface area contributed by atoms with Gasteiger partial charge in [-0.2, -0.15) is 0 Å². The lowest BCUT2D eigenvalue weighted by atomic mass is 10.1. The summed E-state index contributed by atoms with van der Waals surface area (Å²) in [6, 6.07) is 18.0. The highest BCUT2D eigenvalue weighted by atomic mass is 28.3. The van der Waals surface area contributed by atoms with Crippen LogP contribution in [0.5, 0.6) is 23.0 Å². The van der Waals surface area contributed by atoms with Gasteiger partial charge in [0.2, 0.25) is 0 Å². The third-order valence-electron chi connectivity index (χ3n) is 11.7. The van der Waals surface area contributed by atoms with E-state index in [0.717, 1.165) is 84.8 Å². The van der Waals surface area contributed by atoms with E-state index in [-0.39, 0.29) is 12.2 Å². The highest BCUT2D eigenvalue weighted by Gasteiger charge is 2.43. The van der Waals surface area contributed by atoms with Gasteiger partial charge in [-0.25, -0.2) is 19.9 Å². The Morgan fingerprint density at radius 2 is 1.09 bits per heavy atom. The molecule has 0 bridgehead atoms. The molecule has 5 rings (SSSR count). The minimum Gasteiger partial charge on any atom is -0.494 e. The molecule has 4 aromatic rings. The van der Waals surface area contributed by atoms with Gasteiger partial charge in [0.1, 0.15) is 23.3 Å². The van der Waals surface area contributed by atoms with Crippen molar-refractivity contribution in [2.24, 2.45) is 0 Å². The van der Waals surface area contributed by atoms with E-state index in [0.29, 0.717) is 23.1 Å². The first-order valence-corrected chi connectivity index (χ1v) is 29.2. The van der Waals surface area contributed by atoms with Crippen LogP contribution >= 0.6 is 0 Å². The highest BCUT2D eigenvalue weighted by molar-refractivity contribution is 6.77. The van der Waals surface area contributed by atoms with Gasteiger partial charge in [-0.05, 0) is 80.6 Å². The van der Waals surface area contributed by atoms with Crippen molar-refractivity contribution in [2.75, 3.05) is 13.2 Å². The molecule has 2 aromatic carbocycles. The molecule has 2 atom stereocenters. The van der Waals surface area contributed by atoms with Crippen molar-refractivity contribution >= 4 is 16.1 Å². The van der Waals surface area contributed by atoms with Crippen LogP contribution < -0.4 is 14.2 Å². The lowest BCUT2D eigenvalue weighted by molar-refractivity contribution is 0.309. The maximum atomic E-state index is 6.39. The van der Waals surface area contributed by atoms with E-state index in [1.807, 2.05) is 18.2 Å². The van der Waals surface area contributed by atoms with Gasteiger partial charge in [-0.15, -0.1) is 0 Å². The summed E-state index contributed by atoms with van der Waals surface area (Å²) in [5, 5.41) is 0. The molecule has 3 heterocycles. The summed E-state index contributed by atoms with van der Waals surface area (Å²) in [6.07, 6.45) is 18.4. The van der Waals surface area contributed by atoms with Crippen LogP contribution in [0.15, 0.2) is 55.0 Å². The number of epoxide rings is 1. The lowest BCUT2D eigenvalue weighted by Crippen LogP contribution is -2.24. The van der Waals surface area contributed by atoms with Crippen molar-refractivity contribution in [2.45, 2.75) is 168 Å². The van der Waals surface area contributed by atoms with Gasteiger partial charge in [-0.3, -0.25) is 0 Å². The molecular weight excluding hydrogens is 753 g/mol. The zero-order chi connectivity index (χ0) is 41.5. The summed E-state index contributed by atoms with van der Waals surface area (Å²) in [5.74, 6) is 4.16. The fraction of sp³-hybridized carbons (Fsp3) is 0.583. The number of nitrogens with zero attached hydrogens (tertiary/aromatic N) is 4. The van der Waals surface area contributed by atoms with Crippen molar-refractivity contribution in [3.8, 4) is 45.8 Å². The van der Waals surface area contributed by atoms with Gasteiger partial charge in [0.15, 0.2) is 23.1 Å². The first-order valence-electron chi connectivity index (χ1n) is 22.4. The normalized spacial score (nSPS) is 15.4. The zero-order valence-corrected chi connectivity index (χ0v) is 39.3. The monoisotopic (exact) mass is 825 g/mol. The predicted octanol–water partition coefficient (Wildman–Crippen LogP) is 14.0. The second-order valence-electron chi connectivity index (χ2n) is 18.1. The second-order valence-corrected chi connectivity index (χ2v) is 28.8. The van der Waals surface area contributed by atoms with E-state index >= 15 is 0 Å². The fourth-order valence-electron chi connectivity index (χ4n) is 7.74. The molecule has 1 fully saturated rings. The summed E-state index contributed by atoms with van der Waals surface area (Å²) in [5.41, 5.74) is 4.84. The smallest absolute Gasteiger partial charge is 0.170 e. The first-order chi connectivity index (χ1) is 27.9. The number of ether oxygens (including phenoxy) is 4. The van der Waals surface area contributed by atoms with Crippen molar-refractivity contribution in [3.63, 3.8) is 0 Å². The Kier molecular flexibility index (Phi) is 17.3. The van der Waals surface area contributed by atoms with Crippen LogP contribution in [0.3, 0.4) is 0 Å². The van der Waals surface area contributed by atoms with E-state index in [1.165, 1.54) is 62.7 Å². The van der Waals surface area contributed by atoms with Gasteiger partial charge in [0.25, 0.3) is 0 Å². The summed E-state index contributed by atoms with van der Waals surface area (Å²) >= 11 is 0. The number of aromatic nitrogens is 4. The van der Waals surface area contributed by atoms with Crippen LogP contribution in [0, 0.1) is 13.8 Å². The van der Waals surface area contributed by atoms with Crippen LogP contribution in [-0.2, 0) is 4.74 Å². The summed E-state index contributed by atoms with van der Waals surface area (Å²) in [4.78, 5) is 19.2. The topological polar surface area (TPSA) is 91.8 Å². The van der Waals surface area contributed by atoms with Crippen molar-refractivity contribution in [1.29, 1.82) is 0 Å². The van der Waals surface area contributed by atoms with Crippen LogP contribution in [0.1, 0.15) is 114 Å². The Hall–Kier alpha value is -3.61. The molecule has 1 saturated heterocycles. The maximum absolute atomic E-state index is 6.39. The standard InChI is InChI=1S/C48H72N4O4Si2/c1-10-13-20-43-46(56-43)45-44(35-51-48(52-45)42-24-22-39(32-37(42)5)54-26-17-19-30-58(8,9)28-15-12-3)55-40-33-49-47(50-34-40)41-23-21-38(31-36(41)4)53-25-16-18-29-57(6,7)27-14-11-2/h21-24,31-35,43,46H,10-20,25-30H2,1-9H3/t43-,46+/m0/s1. The number of hydrogen-bond acceptors (Lipinski definition) is 8. The Morgan fingerprint density at radius 1 is 0.586 bits per heavy atom. The van der Waals surface area contributed by atoms with E-state index in [1.54, 1.807) is 18.6 Å². The third kappa shape index (κ3) is 14.0. The predicted molar refractivity (Wildman–Crippen MR) is 245 cm³/mol. The number of rotatable bonds is 26. The average molecular weight is 825 g/mol. The molecular formula is C48H72N4O4Si2. The quantitative estimate of drug-likeness (QED) is 0.0351. The average Bonchev–Trinajstić information content (AvgIpc) is 3.98. The highest BCUT2D eigenvalue weighted by Crippen LogP contribution is 2.45. The van der Waals surface area contributed by atoms with Gasteiger partial charge >= 0.3 is 0 Å². The van der Waals surface area contributed by atoms with Crippen molar-refractivity contribution < 1.29 is 18.9 Å². The first kappa shape index (κ1) is 45.5. The van der Waals surface area contributed by atoms with Crippen molar-refractivity contribution in [3.05, 3.63) is 71.8 Å². The van der Waals surface area contributed by atoms with E-state index in [9.17, 15) is 0 Å². The molecule has 1 aliphatic heterocycles. The fourth-order valence-corrected chi connectivity index (χ4v) is 13.3. The summed E-state index contributed by atoms with van der Waals surface area (Å²) < 4.78 is 24.9. The maximum Gasteiger partial charge on any atom is 0.170 e. The molecule has 8 nitrogen and oxygen atoms in total. The molecule has 0 unspecified atom stereocenters. The number of unbranched alkanes of at least 4 members (excludes halogenated alkanes) is 5. The molecule has 0 radical (unpaired) electrons. The van der Waals surface area contributed by atoms with Crippen LogP contribution in [0.4, 0.5) is 0 Å². The second kappa shape index (κ2) is 22.1. The van der Waals surface area contributed by atoms with E-state index < -0.39 is 16.1 Å². The summed E-state index contributed by atoms with van der Waals surface area (Å²) in [6.45, 7) is 22.6. The number of benzene rings is 2. The minimum atomic E-state index is -1.08. The Bertz CT molecular complexity index is 1870. The van der Waals surface area contributed by atoms with Gasteiger partial charge in [0.05, 0.1) is 37.9 Å². The van der Waals surface area contributed by atoms with E-state index in [2.05, 4.69) is 79.0 Å². The van der Waals surface area contributed by atoms with Gasteiger partial charge in [-0.1, -0.05) is 123 Å². The molecule has 58 heavy (non-hydrogen) atoms. The Labute approximate surface area is 352 Å². The van der Waals surface area contributed by atoms with Crippen molar-refractivity contribution in [1.82, 2.24) is 19.9 Å². The molecule has 0 amide bonds. The molecule has 0 N–H and O–H groups in total. The summed E-state index contributed by atoms with van der Waals surface area (Å²) in [7, 11) is -2.15. The molecule has 0 spiro atoms. The van der Waals surface area contributed by atoms with Crippen LogP contribution in [0.2, 0.25) is 50.4 Å². The molecule has 0 aliphatic carbocycles.